The number of esters is 1. The Bertz CT molecular complexity index is 552. The average molecular weight is 369 g/mol. The summed E-state index contributed by atoms with van der Waals surface area (Å²) in [6.07, 6.45) is 4.00. The molecule has 1 aliphatic carbocycles. The van der Waals surface area contributed by atoms with Crippen LogP contribution in [0.4, 0.5) is 8.78 Å². The van der Waals surface area contributed by atoms with E-state index < -0.39 is 40.0 Å². The van der Waals surface area contributed by atoms with E-state index in [4.69, 9.17) is 9.47 Å². The molecule has 0 saturated heterocycles. The van der Waals surface area contributed by atoms with Gasteiger partial charge in [0.25, 0.3) is 0 Å². The van der Waals surface area contributed by atoms with E-state index in [-0.39, 0.29) is 12.2 Å². The first-order valence-electron chi connectivity index (χ1n) is 7.85. The van der Waals surface area contributed by atoms with Crippen molar-refractivity contribution in [2.45, 2.75) is 62.7 Å². The smallest absolute Gasteiger partial charge is 0.336 e. The fourth-order valence-corrected chi connectivity index (χ4v) is 2.90. The fraction of sp³-hybridized carbons (Fsp3) is 0.800. The maximum Gasteiger partial charge on any atom is 0.336 e. The Labute approximate surface area is 141 Å². The summed E-state index contributed by atoms with van der Waals surface area (Å²) in [5.74, 6) is -0.651. The first-order chi connectivity index (χ1) is 11.0. The van der Waals surface area contributed by atoms with Gasteiger partial charge in [-0.25, -0.2) is 13.2 Å². The number of carbonyl (C=O) groups excluding carboxylic acids is 1. The maximum absolute atomic E-state index is 12.9. The van der Waals surface area contributed by atoms with Crippen molar-refractivity contribution < 1.29 is 36.0 Å². The van der Waals surface area contributed by atoms with Crippen LogP contribution in [0.1, 0.15) is 51.9 Å². The molecule has 0 spiro atoms. The van der Waals surface area contributed by atoms with E-state index >= 15 is 0 Å². The van der Waals surface area contributed by atoms with Gasteiger partial charge in [-0.05, 0) is 32.1 Å². The minimum Gasteiger partial charge on any atom is -0.743 e. The molecule has 1 rings (SSSR count). The molecule has 24 heavy (non-hydrogen) atoms. The molecule has 0 aliphatic heterocycles. The third-order valence-electron chi connectivity index (χ3n) is 4.19. The van der Waals surface area contributed by atoms with Gasteiger partial charge >= 0.3 is 11.2 Å². The number of hydrogen-bond acceptors (Lipinski definition) is 6. The van der Waals surface area contributed by atoms with Gasteiger partial charge in [0.05, 0.1) is 18.8 Å². The highest BCUT2D eigenvalue weighted by Crippen LogP contribution is 2.35. The lowest BCUT2D eigenvalue weighted by Gasteiger charge is -2.36. The molecule has 6 nitrogen and oxygen atoms in total. The van der Waals surface area contributed by atoms with Crippen LogP contribution in [0.2, 0.25) is 0 Å². The monoisotopic (exact) mass is 369 g/mol. The van der Waals surface area contributed by atoms with Crippen LogP contribution in [0.15, 0.2) is 12.2 Å². The summed E-state index contributed by atoms with van der Waals surface area (Å²) in [7, 11) is -5.73. The van der Waals surface area contributed by atoms with Crippen LogP contribution in [-0.4, -0.2) is 43.0 Å². The molecule has 1 aliphatic rings. The third-order valence-corrected chi connectivity index (χ3v) is 5.12. The highest BCUT2D eigenvalue weighted by Gasteiger charge is 2.37. The summed E-state index contributed by atoms with van der Waals surface area (Å²) in [4.78, 5) is 12.0. The van der Waals surface area contributed by atoms with Crippen molar-refractivity contribution >= 4 is 16.1 Å². The molecule has 0 N–H and O–H groups in total. The summed E-state index contributed by atoms with van der Waals surface area (Å²) in [6, 6.07) is 0. The van der Waals surface area contributed by atoms with E-state index in [0.717, 1.165) is 32.1 Å². The van der Waals surface area contributed by atoms with Crippen molar-refractivity contribution in [3.05, 3.63) is 12.2 Å². The van der Waals surface area contributed by atoms with Crippen LogP contribution in [-0.2, 0) is 24.4 Å². The number of alkyl halides is 2. The molecule has 1 fully saturated rings. The molecule has 0 aromatic heterocycles. The Morgan fingerprint density at radius 2 is 1.88 bits per heavy atom. The molecule has 0 aromatic carbocycles. The second kappa shape index (κ2) is 8.35. The van der Waals surface area contributed by atoms with E-state index in [1.54, 1.807) is 0 Å². The first kappa shape index (κ1) is 21.0. The predicted molar refractivity (Wildman–Crippen MR) is 81.4 cm³/mol. The Balaban J connectivity index is 2.41. The topological polar surface area (TPSA) is 92.7 Å². The van der Waals surface area contributed by atoms with Crippen LogP contribution in [0.25, 0.3) is 0 Å². The van der Waals surface area contributed by atoms with E-state index in [2.05, 4.69) is 6.58 Å². The van der Waals surface area contributed by atoms with E-state index in [1.807, 2.05) is 6.92 Å². The maximum atomic E-state index is 12.9. The van der Waals surface area contributed by atoms with Crippen molar-refractivity contribution in [2.75, 3.05) is 13.2 Å². The lowest BCUT2D eigenvalue weighted by molar-refractivity contribution is -0.159. The minimum absolute atomic E-state index is 0.0401. The summed E-state index contributed by atoms with van der Waals surface area (Å²) in [5.41, 5.74) is -0.552. The van der Waals surface area contributed by atoms with Crippen molar-refractivity contribution in [3.8, 4) is 0 Å². The summed E-state index contributed by atoms with van der Waals surface area (Å²) < 4.78 is 67.2. The van der Waals surface area contributed by atoms with Crippen LogP contribution < -0.4 is 0 Å². The normalized spacial score (nSPS) is 18.2. The lowest BCUT2D eigenvalue weighted by Crippen LogP contribution is -2.37. The molecule has 9 heteroatoms. The van der Waals surface area contributed by atoms with Crippen molar-refractivity contribution in [1.29, 1.82) is 0 Å². The molecule has 0 bridgehead atoms. The summed E-state index contributed by atoms with van der Waals surface area (Å²) in [5, 5.41) is -4.40. The minimum atomic E-state index is -5.73. The highest BCUT2D eigenvalue weighted by atomic mass is 32.2. The number of ether oxygens (including phenoxy) is 2. The van der Waals surface area contributed by atoms with Gasteiger partial charge in [-0.15, -0.1) is 0 Å². The van der Waals surface area contributed by atoms with Crippen LogP contribution in [0, 0.1) is 0 Å². The molecule has 0 heterocycles. The van der Waals surface area contributed by atoms with Crippen LogP contribution in [0.5, 0.6) is 0 Å². The Kier molecular flexibility index (Phi) is 7.30. The fourth-order valence-electron chi connectivity index (χ4n) is 2.56. The van der Waals surface area contributed by atoms with Gasteiger partial charge in [0, 0.05) is 6.42 Å². The number of carbonyl (C=O) groups is 1. The first-order valence-corrected chi connectivity index (χ1v) is 9.26. The van der Waals surface area contributed by atoms with Crippen molar-refractivity contribution in [2.24, 2.45) is 0 Å². The Morgan fingerprint density at radius 3 is 2.38 bits per heavy atom. The molecule has 0 amide bonds. The van der Waals surface area contributed by atoms with Crippen molar-refractivity contribution in [1.82, 2.24) is 0 Å². The molecule has 140 valence electrons. The molecular formula is C15H23F2O6S-. The third kappa shape index (κ3) is 5.78. The predicted octanol–water partition coefficient (Wildman–Crippen LogP) is 2.74. The molecule has 0 aromatic rings. The standard InChI is InChI=1S/C15H24F2O6S/c1-3-14(7-5-4-6-8-14)23-13(18)12(2)11-22-10-9-15(16,17)24(19,20)21/h2-11H2,1H3,(H,19,20,21)/p-1. The van der Waals surface area contributed by atoms with Crippen LogP contribution >= 0.6 is 0 Å². The number of halogens is 2. The zero-order valence-corrected chi connectivity index (χ0v) is 14.5. The molecule has 0 radical (unpaired) electrons. The zero-order chi connectivity index (χ0) is 18.4. The van der Waals surface area contributed by atoms with Gasteiger partial charge in [-0.3, -0.25) is 0 Å². The largest absolute Gasteiger partial charge is 0.743 e. The molecule has 0 unspecified atom stereocenters. The van der Waals surface area contributed by atoms with Gasteiger partial charge in [0.2, 0.25) is 0 Å². The second-order valence-electron chi connectivity index (χ2n) is 5.98. The molecule has 1 saturated carbocycles. The number of hydrogen-bond donors (Lipinski definition) is 0. The van der Waals surface area contributed by atoms with E-state index in [9.17, 15) is 26.5 Å². The van der Waals surface area contributed by atoms with E-state index in [0.29, 0.717) is 6.42 Å². The molecular weight excluding hydrogens is 346 g/mol. The zero-order valence-electron chi connectivity index (χ0n) is 13.7. The summed E-state index contributed by atoms with van der Waals surface area (Å²) in [6.45, 7) is 4.37. The second-order valence-corrected chi connectivity index (χ2v) is 7.49. The highest BCUT2D eigenvalue weighted by molar-refractivity contribution is 7.86. The lowest BCUT2D eigenvalue weighted by atomic mass is 9.82. The average Bonchev–Trinajstić information content (AvgIpc) is 2.51. The van der Waals surface area contributed by atoms with Gasteiger partial charge < -0.3 is 14.0 Å². The quantitative estimate of drug-likeness (QED) is 0.268. The Hall–Kier alpha value is -1.06. The van der Waals surface area contributed by atoms with Gasteiger partial charge in [-0.2, -0.15) is 8.78 Å². The Morgan fingerprint density at radius 1 is 1.29 bits per heavy atom. The van der Waals surface area contributed by atoms with Gasteiger partial charge in [0.15, 0.2) is 10.1 Å². The summed E-state index contributed by atoms with van der Waals surface area (Å²) >= 11 is 0. The van der Waals surface area contributed by atoms with Crippen LogP contribution in [0.3, 0.4) is 0 Å². The van der Waals surface area contributed by atoms with Gasteiger partial charge in [0.1, 0.15) is 5.60 Å². The van der Waals surface area contributed by atoms with Gasteiger partial charge in [-0.1, -0.05) is 19.9 Å². The molecule has 0 atom stereocenters. The SMILES string of the molecule is C=C(COCCC(F)(F)S(=O)(=O)[O-])C(=O)OC1(CC)CCCCC1. The number of rotatable bonds is 9. The van der Waals surface area contributed by atoms with E-state index in [1.165, 1.54) is 0 Å². The van der Waals surface area contributed by atoms with Crippen molar-refractivity contribution in [3.63, 3.8) is 0 Å².